The number of nitrogens with one attached hydrogen (secondary N) is 2. The summed E-state index contributed by atoms with van der Waals surface area (Å²) in [5.41, 5.74) is 5.30. The van der Waals surface area contributed by atoms with Gasteiger partial charge >= 0.3 is 17.8 Å². The van der Waals surface area contributed by atoms with Crippen LogP contribution in [0.4, 0.5) is 5.00 Å². The molecule has 0 bridgehead atoms. The third kappa shape index (κ3) is 6.81. The molecule has 8 nitrogen and oxygen atoms in total. The van der Waals surface area contributed by atoms with Gasteiger partial charge in [0.2, 0.25) is 0 Å². The predicted molar refractivity (Wildman–Crippen MR) is 161 cm³/mol. The van der Waals surface area contributed by atoms with Crippen molar-refractivity contribution in [1.29, 1.82) is 0 Å². The third-order valence-electron chi connectivity index (χ3n) is 6.85. The van der Waals surface area contributed by atoms with Crippen LogP contribution in [0.2, 0.25) is 0 Å². The van der Waals surface area contributed by atoms with Crippen molar-refractivity contribution >= 4 is 51.1 Å². The van der Waals surface area contributed by atoms with Crippen LogP contribution in [0.3, 0.4) is 0 Å². The number of nitrogens with zero attached hydrogens (tertiary/aromatic N) is 1. The summed E-state index contributed by atoms with van der Waals surface area (Å²) in [7, 11) is 0. The Morgan fingerprint density at radius 2 is 1.76 bits per heavy atom. The van der Waals surface area contributed by atoms with Crippen LogP contribution in [0, 0.1) is 0 Å². The van der Waals surface area contributed by atoms with Crippen LogP contribution in [-0.4, -0.2) is 30.6 Å². The van der Waals surface area contributed by atoms with Gasteiger partial charge in [-0.25, -0.2) is 10.2 Å². The van der Waals surface area contributed by atoms with Crippen LogP contribution in [0.15, 0.2) is 71.8 Å². The van der Waals surface area contributed by atoms with E-state index < -0.39 is 17.8 Å². The van der Waals surface area contributed by atoms with Gasteiger partial charge in [-0.1, -0.05) is 61.0 Å². The van der Waals surface area contributed by atoms with Crippen molar-refractivity contribution in [3.05, 3.63) is 93.9 Å². The summed E-state index contributed by atoms with van der Waals surface area (Å²) >= 11 is 1.34. The zero-order chi connectivity index (χ0) is 28.6. The smallest absolute Gasteiger partial charge is 0.341 e. The van der Waals surface area contributed by atoms with Crippen molar-refractivity contribution in [3.63, 3.8) is 0 Å². The van der Waals surface area contributed by atoms with E-state index in [9.17, 15) is 14.4 Å². The molecule has 210 valence electrons. The molecule has 0 spiro atoms. The maximum Gasteiger partial charge on any atom is 0.341 e. The SMILES string of the molecule is CCOC(=O)c1c(NC(=O)C(=O)NN=Cc2cccc(OCc3cccc4ccccc34)c2)sc2c1CCCCC2. The Balaban J connectivity index is 1.20. The molecule has 0 aliphatic heterocycles. The fourth-order valence-electron chi connectivity index (χ4n) is 4.89. The molecule has 9 heteroatoms. The lowest BCUT2D eigenvalue weighted by Gasteiger charge is -2.09. The molecule has 5 rings (SSSR count). The second kappa shape index (κ2) is 13.2. The Hall–Kier alpha value is -4.50. The standard InChI is InChI=1S/C32H31N3O5S/c1-2-39-32(38)28-26-16-4-3-5-17-27(26)41-31(28)34-29(36)30(37)35-33-19-21-10-8-14-24(18-21)40-20-23-13-9-12-22-11-6-7-15-25(22)23/h6-15,18-19H,2-5,16-17,20H2,1H3,(H,34,36)(H,35,37). The van der Waals surface area contributed by atoms with Crippen LogP contribution >= 0.6 is 11.3 Å². The second-order valence-corrected chi connectivity index (χ2v) is 10.7. The van der Waals surface area contributed by atoms with E-state index in [0.717, 1.165) is 58.9 Å². The van der Waals surface area contributed by atoms with Crippen molar-refractivity contribution < 1.29 is 23.9 Å². The highest BCUT2D eigenvalue weighted by atomic mass is 32.1. The minimum Gasteiger partial charge on any atom is -0.489 e. The van der Waals surface area contributed by atoms with Crippen molar-refractivity contribution in [2.75, 3.05) is 11.9 Å². The zero-order valence-electron chi connectivity index (χ0n) is 22.8. The highest BCUT2D eigenvalue weighted by Crippen LogP contribution is 2.38. The Bertz CT molecular complexity index is 1600. The van der Waals surface area contributed by atoms with Gasteiger partial charge in [0.05, 0.1) is 18.4 Å². The van der Waals surface area contributed by atoms with E-state index >= 15 is 0 Å². The first-order valence-electron chi connectivity index (χ1n) is 13.7. The molecule has 0 atom stereocenters. The number of aryl methyl sites for hydroxylation is 1. The van der Waals surface area contributed by atoms with Crippen LogP contribution < -0.4 is 15.5 Å². The number of hydrazone groups is 1. The van der Waals surface area contributed by atoms with E-state index in [1.54, 1.807) is 13.0 Å². The van der Waals surface area contributed by atoms with Gasteiger partial charge < -0.3 is 14.8 Å². The minimum absolute atomic E-state index is 0.224. The first kappa shape index (κ1) is 28.0. The predicted octanol–water partition coefficient (Wildman–Crippen LogP) is 6.01. The summed E-state index contributed by atoms with van der Waals surface area (Å²) in [6.07, 6.45) is 6.10. The van der Waals surface area contributed by atoms with Gasteiger partial charge in [-0.15, -0.1) is 11.3 Å². The molecule has 4 aromatic rings. The maximum absolute atomic E-state index is 12.7. The molecule has 2 amide bonds. The molecule has 0 saturated heterocycles. The second-order valence-electron chi connectivity index (χ2n) is 9.64. The highest BCUT2D eigenvalue weighted by molar-refractivity contribution is 7.17. The molecule has 0 unspecified atom stereocenters. The fraction of sp³-hybridized carbons (Fsp3) is 0.250. The lowest BCUT2D eigenvalue weighted by molar-refractivity contribution is -0.136. The first-order chi connectivity index (χ1) is 20.0. The van der Waals surface area contributed by atoms with E-state index in [0.29, 0.717) is 28.5 Å². The number of esters is 1. The number of hydrogen-bond acceptors (Lipinski definition) is 7. The quantitative estimate of drug-likeness (QED) is 0.0888. The van der Waals surface area contributed by atoms with Crippen LogP contribution in [0.25, 0.3) is 10.8 Å². The lowest BCUT2D eigenvalue weighted by Crippen LogP contribution is -2.32. The van der Waals surface area contributed by atoms with Crippen molar-refractivity contribution in [1.82, 2.24) is 5.43 Å². The largest absolute Gasteiger partial charge is 0.489 e. The van der Waals surface area contributed by atoms with Gasteiger partial charge in [0.15, 0.2) is 0 Å². The number of benzene rings is 3. The Kier molecular flexibility index (Phi) is 9.05. The highest BCUT2D eigenvalue weighted by Gasteiger charge is 2.27. The number of rotatable bonds is 8. The number of anilines is 1. The first-order valence-corrected chi connectivity index (χ1v) is 14.5. The van der Waals surface area contributed by atoms with E-state index in [1.807, 2.05) is 42.5 Å². The van der Waals surface area contributed by atoms with Gasteiger partial charge in [0.1, 0.15) is 17.4 Å². The Morgan fingerprint density at radius 3 is 2.63 bits per heavy atom. The van der Waals surface area contributed by atoms with Crippen LogP contribution in [0.1, 0.15) is 58.1 Å². The van der Waals surface area contributed by atoms with E-state index in [4.69, 9.17) is 9.47 Å². The molecule has 2 N–H and O–H groups in total. The van der Waals surface area contributed by atoms with Crippen LogP contribution in [-0.2, 0) is 33.8 Å². The van der Waals surface area contributed by atoms with E-state index in [-0.39, 0.29) is 6.61 Å². The zero-order valence-corrected chi connectivity index (χ0v) is 23.6. The number of hydrogen-bond donors (Lipinski definition) is 2. The molecule has 1 aliphatic carbocycles. The average molecular weight is 570 g/mol. The van der Waals surface area contributed by atoms with Gasteiger partial charge in [-0.05, 0) is 72.2 Å². The summed E-state index contributed by atoms with van der Waals surface area (Å²) in [5, 5.41) is 9.18. The van der Waals surface area contributed by atoms with Gasteiger partial charge in [0.25, 0.3) is 0 Å². The third-order valence-corrected chi connectivity index (χ3v) is 8.05. The maximum atomic E-state index is 12.7. The molecule has 1 heterocycles. The normalized spacial score (nSPS) is 12.9. The van der Waals surface area contributed by atoms with Gasteiger partial charge in [-0.3, -0.25) is 9.59 Å². The molecule has 1 aliphatic rings. The summed E-state index contributed by atoms with van der Waals surface area (Å²) in [6.45, 7) is 2.36. The monoisotopic (exact) mass is 569 g/mol. The molecule has 3 aromatic carbocycles. The van der Waals surface area contributed by atoms with Crippen molar-refractivity contribution in [2.24, 2.45) is 5.10 Å². The topological polar surface area (TPSA) is 106 Å². The Labute approximate surface area is 242 Å². The fourth-order valence-corrected chi connectivity index (χ4v) is 6.16. The van der Waals surface area contributed by atoms with Crippen LogP contribution in [0.5, 0.6) is 5.75 Å². The summed E-state index contributed by atoms with van der Waals surface area (Å²) in [6, 6.07) is 21.5. The lowest BCUT2D eigenvalue weighted by atomic mass is 10.1. The molecule has 0 saturated carbocycles. The summed E-state index contributed by atoms with van der Waals surface area (Å²) < 4.78 is 11.3. The van der Waals surface area contributed by atoms with Crippen molar-refractivity contribution in [3.8, 4) is 5.75 Å². The Morgan fingerprint density at radius 1 is 0.951 bits per heavy atom. The number of amides is 2. The molecule has 1 aromatic heterocycles. The number of thiophene rings is 1. The number of ether oxygens (including phenoxy) is 2. The summed E-state index contributed by atoms with van der Waals surface area (Å²) in [5.74, 6) is -1.68. The molecule has 0 radical (unpaired) electrons. The molecule has 0 fully saturated rings. The van der Waals surface area contributed by atoms with Gasteiger partial charge in [-0.2, -0.15) is 5.10 Å². The summed E-state index contributed by atoms with van der Waals surface area (Å²) in [4.78, 5) is 38.9. The minimum atomic E-state index is -0.942. The van der Waals surface area contributed by atoms with E-state index in [1.165, 1.54) is 17.6 Å². The number of carbonyl (C=O) groups is 3. The molecular formula is C32H31N3O5S. The average Bonchev–Trinajstić information content (AvgIpc) is 3.16. The van der Waals surface area contributed by atoms with Gasteiger partial charge in [0, 0.05) is 4.88 Å². The molecular weight excluding hydrogens is 538 g/mol. The molecule has 41 heavy (non-hydrogen) atoms. The number of carbonyl (C=O) groups excluding carboxylic acids is 3. The number of fused-ring (bicyclic) bond motifs is 2. The van der Waals surface area contributed by atoms with Crippen molar-refractivity contribution in [2.45, 2.75) is 45.6 Å². The van der Waals surface area contributed by atoms with E-state index in [2.05, 4.69) is 34.0 Å².